The standard InChI is InChI=1S/C30H25ClN2O8S/c1-5-40-29(37)25-15(2)32-30-33(26(25)20-13-17(38-3)7-10-22(20)39-4)27(34)24(42-30)14-18-8-11-23(41-18)19-12-16(28(35)36)6-9-21(19)31/h6-14,26H,5H2,1-4H3,(H,35,36)/b24-14-/t26-/m1/s1. The van der Waals surface area contributed by atoms with Crippen LogP contribution >= 0.6 is 22.9 Å². The van der Waals surface area contributed by atoms with Crippen LogP contribution in [0.1, 0.15) is 41.6 Å². The van der Waals surface area contributed by atoms with E-state index in [2.05, 4.69) is 4.99 Å². The number of rotatable bonds is 8. The largest absolute Gasteiger partial charge is 0.497 e. The zero-order valence-electron chi connectivity index (χ0n) is 23.0. The number of ether oxygens (including phenoxy) is 3. The summed E-state index contributed by atoms with van der Waals surface area (Å²) in [5.74, 6) is -0.0624. The first-order valence-electron chi connectivity index (χ1n) is 12.7. The number of esters is 1. The maximum Gasteiger partial charge on any atom is 0.338 e. The lowest BCUT2D eigenvalue weighted by atomic mass is 9.95. The summed E-state index contributed by atoms with van der Waals surface area (Å²) in [7, 11) is 3.02. The van der Waals surface area contributed by atoms with E-state index in [1.165, 1.54) is 37.0 Å². The van der Waals surface area contributed by atoms with Gasteiger partial charge in [-0.15, -0.1) is 0 Å². The van der Waals surface area contributed by atoms with Crippen LogP contribution in [-0.2, 0) is 9.53 Å². The average molecular weight is 609 g/mol. The number of carboxylic acid groups (broad SMARTS) is 1. The van der Waals surface area contributed by atoms with Gasteiger partial charge in [-0.25, -0.2) is 14.6 Å². The highest BCUT2D eigenvalue weighted by Crippen LogP contribution is 2.38. The zero-order valence-corrected chi connectivity index (χ0v) is 24.5. The molecule has 1 N–H and O–H groups in total. The number of aromatic nitrogens is 1. The first-order chi connectivity index (χ1) is 20.2. The summed E-state index contributed by atoms with van der Waals surface area (Å²) in [5, 5.41) is 9.67. The Morgan fingerprint density at radius 1 is 1.14 bits per heavy atom. The van der Waals surface area contributed by atoms with E-state index in [0.717, 1.165) is 11.3 Å². The number of allylic oxidation sites excluding steroid dienone is 1. The molecule has 0 spiro atoms. The van der Waals surface area contributed by atoms with Crippen molar-refractivity contribution in [1.29, 1.82) is 0 Å². The Morgan fingerprint density at radius 3 is 2.62 bits per heavy atom. The molecule has 5 rings (SSSR count). The molecule has 1 aliphatic heterocycles. The Balaban J connectivity index is 1.67. The van der Waals surface area contributed by atoms with Gasteiger partial charge in [0.2, 0.25) is 0 Å². The van der Waals surface area contributed by atoms with Crippen LogP contribution in [0.15, 0.2) is 74.0 Å². The van der Waals surface area contributed by atoms with Gasteiger partial charge >= 0.3 is 11.9 Å². The predicted octanol–water partition coefficient (Wildman–Crippen LogP) is 4.43. The van der Waals surface area contributed by atoms with Gasteiger partial charge in [0.1, 0.15) is 29.1 Å². The molecule has 0 radical (unpaired) electrons. The molecular weight excluding hydrogens is 584 g/mol. The number of furan rings is 1. The van der Waals surface area contributed by atoms with Crippen LogP contribution in [0.2, 0.25) is 5.02 Å². The van der Waals surface area contributed by atoms with Crippen LogP contribution in [0.25, 0.3) is 17.4 Å². The molecule has 3 heterocycles. The molecule has 0 aliphatic carbocycles. The van der Waals surface area contributed by atoms with E-state index >= 15 is 0 Å². The fraction of sp³-hybridized carbons (Fsp3) is 0.200. The first-order valence-corrected chi connectivity index (χ1v) is 13.9. The second-order valence-corrected chi connectivity index (χ2v) is 10.5. The Labute approximate surface area is 248 Å². The lowest BCUT2D eigenvalue weighted by molar-refractivity contribution is -0.139. The van der Waals surface area contributed by atoms with E-state index in [1.54, 1.807) is 50.3 Å². The van der Waals surface area contributed by atoms with E-state index < -0.39 is 23.5 Å². The monoisotopic (exact) mass is 608 g/mol. The fourth-order valence-electron chi connectivity index (χ4n) is 4.69. The lowest BCUT2D eigenvalue weighted by Crippen LogP contribution is -2.40. The van der Waals surface area contributed by atoms with Crippen LogP contribution in [0.4, 0.5) is 0 Å². The number of halogens is 1. The topological polar surface area (TPSA) is 130 Å². The number of carbonyl (C=O) groups excluding carboxylic acids is 1. The maximum absolute atomic E-state index is 13.9. The van der Waals surface area contributed by atoms with Crippen LogP contribution in [0.3, 0.4) is 0 Å². The van der Waals surface area contributed by atoms with E-state index in [4.69, 9.17) is 30.2 Å². The summed E-state index contributed by atoms with van der Waals surface area (Å²) in [6.45, 7) is 3.53. The number of carbonyl (C=O) groups is 2. The lowest BCUT2D eigenvalue weighted by Gasteiger charge is -2.26. The van der Waals surface area contributed by atoms with Gasteiger partial charge in [-0.2, -0.15) is 0 Å². The predicted molar refractivity (Wildman–Crippen MR) is 156 cm³/mol. The third-order valence-electron chi connectivity index (χ3n) is 6.63. The fourth-order valence-corrected chi connectivity index (χ4v) is 5.93. The van der Waals surface area contributed by atoms with Crippen molar-refractivity contribution in [2.75, 3.05) is 20.8 Å². The van der Waals surface area contributed by atoms with E-state index in [-0.39, 0.29) is 17.7 Å². The third kappa shape index (κ3) is 5.24. The van der Waals surface area contributed by atoms with Crippen molar-refractivity contribution in [2.24, 2.45) is 4.99 Å². The number of nitrogens with zero attached hydrogens (tertiary/aromatic N) is 2. The molecule has 0 fully saturated rings. The highest BCUT2D eigenvalue weighted by Gasteiger charge is 2.35. The average Bonchev–Trinajstić information content (AvgIpc) is 3.56. The molecular formula is C30H25ClN2O8S. The number of hydrogen-bond donors (Lipinski definition) is 1. The third-order valence-corrected chi connectivity index (χ3v) is 7.94. The number of methoxy groups -OCH3 is 2. The number of fused-ring (bicyclic) bond motifs is 1. The van der Waals surface area contributed by atoms with Crippen molar-refractivity contribution in [3.8, 4) is 22.8 Å². The molecule has 1 aliphatic rings. The first kappa shape index (κ1) is 28.9. The molecule has 0 bridgehead atoms. The number of benzene rings is 2. The number of hydrogen-bond acceptors (Lipinski definition) is 9. The SMILES string of the molecule is CCOC(=O)C1=C(C)N=c2s/c(=C\c3ccc(-c4cc(C(=O)O)ccc4Cl)o3)c(=O)n2[C@@H]1c1cc(OC)ccc1OC. The van der Waals surface area contributed by atoms with Gasteiger partial charge in [0.05, 0.1) is 47.2 Å². The Kier molecular flexibility index (Phi) is 8.06. The number of carboxylic acids is 1. The van der Waals surface area contributed by atoms with Gasteiger partial charge in [0, 0.05) is 17.2 Å². The minimum atomic E-state index is -1.10. The highest BCUT2D eigenvalue weighted by molar-refractivity contribution is 7.07. The van der Waals surface area contributed by atoms with Gasteiger partial charge in [-0.3, -0.25) is 9.36 Å². The molecule has 2 aromatic carbocycles. The number of aromatic carboxylic acids is 1. The van der Waals surface area contributed by atoms with Crippen LogP contribution in [0, 0.1) is 0 Å². The van der Waals surface area contributed by atoms with Crippen LogP contribution in [-0.4, -0.2) is 42.4 Å². The Bertz CT molecular complexity index is 1930. The molecule has 0 saturated heterocycles. The normalized spacial score (nSPS) is 14.8. The Morgan fingerprint density at radius 2 is 1.93 bits per heavy atom. The molecule has 216 valence electrons. The molecule has 0 saturated carbocycles. The highest BCUT2D eigenvalue weighted by atomic mass is 35.5. The minimum Gasteiger partial charge on any atom is -0.497 e. The second kappa shape index (κ2) is 11.7. The van der Waals surface area contributed by atoms with Crippen LogP contribution in [0.5, 0.6) is 11.5 Å². The van der Waals surface area contributed by atoms with Gasteiger partial charge in [0.25, 0.3) is 5.56 Å². The van der Waals surface area contributed by atoms with Crippen molar-refractivity contribution in [3.63, 3.8) is 0 Å². The summed E-state index contributed by atoms with van der Waals surface area (Å²) in [6, 6.07) is 11.8. The smallest absolute Gasteiger partial charge is 0.338 e. The molecule has 10 nitrogen and oxygen atoms in total. The molecule has 12 heteroatoms. The van der Waals surface area contributed by atoms with Gasteiger partial charge in [-0.05, 0) is 62.4 Å². The summed E-state index contributed by atoms with van der Waals surface area (Å²) < 4.78 is 24.1. The zero-order chi connectivity index (χ0) is 30.1. The van der Waals surface area contributed by atoms with Crippen molar-refractivity contribution >= 4 is 41.0 Å². The van der Waals surface area contributed by atoms with Crippen molar-refractivity contribution < 1.29 is 33.3 Å². The summed E-state index contributed by atoms with van der Waals surface area (Å²) in [5.41, 5.74) is 1.18. The van der Waals surface area contributed by atoms with Gasteiger partial charge < -0.3 is 23.7 Å². The van der Waals surface area contributed by atoms with E-state index in [0.29, 0.717) is 54.2 Å². The minimum absolute atomic E-state index is 0.0569. The van der Waals surface area contributed by atoms with E-state index in [1.807, 2.05) is 0 Å². The molecule has 0 amide bonds. The molecule has 42 heavy (non-hydrogen) atoms. The number of thiazole rings is 1. The second-order valence-electron chi connectivity index (χ2n) is 9.11. The molecule has 2 aromatic heterocycles. The maximum atomic E-state index is 13.9. The Hall–Kier alpha value is -4.61. The molecule has 1 atom stereocenters. The summed E-state index contributed by atoms with van der Waals surface area (Å²) in [4.78, 5) is 43.5. The van der Waals surface area contributed by atoms with Crippen LogP contribution < -0.4 is 24.4 Å². The quantitative estimate of drug-likeness (QED) is 0.291. The van der Waals surface area contributed by atoms with Crippen molar-refractivity contribution in [1.82, 2.24) is 4.57 Å². The summed E-state index contributed by atoms with van der Waals surface area (Å²) in [6.07, 6.45) is 1.56. The van der Waals surface area contributed by atoms with Gasteiger partial charge in [-0.1, -0.05) is 22.9 Å². The molecule has 4 aromatic rings. The molecule has 0 unspecified atom stereocenters. The van der Waals surface area contributed by atoms with E-state index in [9.17, 15) is 19.5 Å². The summed E-state index contributed by atoms with van der Waals surface area (Å²) >= 11 is 7.44. The van der Waals surface area contributed by atoms with Crippen molar-refractivity contribution in [2.45, 2.75) is 19.9 Å². The van der Waals surface area contributed by atoms with Crippen molar-refractivity contribution in [3.05, 3.63) is 101 Å². The van der Waals surface area contributed by atoms with Gasteiger partial charge in [0.15, 0.2) is 4.80 Å².